The molecule has 1 aromatic heterocycles. The summed E-state index contributed by atoms with van der Waals surface area (Å²) in [6, 6.07) is 8.77. The largest absolute Gasteiger partial charge is 0.362 e. The predicted octanol–water partition coefficient (Wildman–Crippen LogP) is 3.43. The molecule has 4 heteroatoms. The van der Waals surface area contributed by atoms with Crippen LogP contribution in [0.25, 0.3) is 0 Å². The summed E-state index contributed by atoms with van der Waals surface area (Å²) < 4.78 is 15.6. The molecular formula is C14H18FN3. The molecule has 2 rings (SSSR count). The van der Waals surface area contributed by atoms with Crippen molar-refractivity contribution in [1.82, 2.24) is 9.78 Å². The number of hydrogen-bond acceptors (Lipinski definition) is 2. The van der Waals surface area contributed by atoms with Crippen molar-refractivity contribution in [3.8, 4) is 0 Å². The van der Waals surface area contributed by atoms with Crippen molar-refractivity contribution in [3.63, 3.8) is 0 Å². The molecule has 0 aliphatic rings. The van der Waals surface area contributed by atoms with Crippen molar-refractivity contribution in [2.45, 2.75) is 26.3 Å². The molecule has 0 spiro atoms. The van der Waals surface area contributed by atoms with Crippen molar-refractivity contribution in [3.05, 3.63) is 47.4 Å². The van der Waals surface area contributed by atoms with E-state index in [1.54, 1.807) is 10.7 Å². The molecule has 0 radical (unpaired) electrons. The van der Waals surface area contributed by atoms with E-state index < -0.39 is 0 Å². The summed E-state index contributed by atoms with van der Waals surface area (Å²) >= 11 is 0. The number of hydrogen-bond donors (Lipinski definition) is 1. The van der Waals surface area contributed by atoms with Crippen LogP contribution in [0.5, 0.6) is 0 Å². The molecule has 0 aliphatic carbocycles. The Labute approximate surface area is 107 Å². The van der Waals surface area contributed by atoms with Gasteiger partial charge >= 0.3 is 0 Å². The van der Waals surface area contributed by atoms with E-state index in [4.69, 9.17) is 0 Å². The molecule has 96 valence electrons. The van der Waals surface area contributed by atoms with E-state index >= 15 is 0 Å². The quantitative estimate of drug-likeness (QED) is 0.897. The van der Waals surface area contributed by atoms with E-state index in [9.17, 15) is 4.39 Å². The average molecular weight is 247 g/mol. The van der Waals surface area contributed by atoms with Gasteiger partial charge in [-0.05, 0) is 19.4 Å². The van der Waals surface area contributed by atoms with Gasteiger partial charge in [0.1, 0.15) is 11.6 Å². The summed E-state index contributed by atoms with van der Waals surface area (Å²) in [4.78, 5) is 0. The van der Waals surface area contributed by atoms with Crippen molar-refractivity contribution in [2.24, 2.45) is 7.05 Å². The van der Waals surface area contributed by atoms with Gasteiger partial charge in [0.15, 0.2) is 0 Å². The molecule has 3 nitrogen and oxygen atoms in total. The first-order chi connectivity index (χ1) is 8.61. The molecule has 0 saturated heterocycles. The fraction of sp³-hybridized carbons (Fsp3) is 0.357. The van der Waals surface area contributed by atoms with Crippen LogP contribution in [-0.2, 0) is 7.05 Å². The number of nitrogens with zero attached hydrogens (tertiary/aromatic N) is 2. The zero-order valence-corrected chi connectivity index (χ0v) is 10.9. The summed E-state index contributed by atoms with van der Waals surface area (Å²) in [5.74, 6) is 0.606. The fourth-order valence-electron chi connectivity index (χ4n) is 1.97. The van der Waals surface area contributed by atoms with Crippen molar-refractivity contribution in [2.75, 3.05) is 5.32 Å². The van der Waals surface area contributed by atoms with E-state index in [0.717, 1.165) is 17.9 Å². The number of anilines is 1. The van der Waals surface area contributed by atoms with Gasteiger partial charge in [0.25, 0.3) is 0 Å². The highest BCUT2D eigenvalue weighted by Gasteiger charge is 2.14. The van der Waals surface area contributed by atoms with Gasteiger partial charge in [-0.15, -0.1) is 0 Å². The van der Waals surface area contributed by atoms with Crippen molar-refractivity contribution < 1.29 is 4.39 Å². The highest BCUT2D eigenvalue weighted by Crippen LogP contribution is 2.24. The maximum absolute atomic E-state index is 13.7. The molecule has 18 heavy (non-hydrogen) atoms. The molecule has 0 saturated carbocycles. The Bertz CT molecular complexity index is 514. The number of nitrogens with one attached hydrogen (secondary N) is 1. The monoisotopic (exact) mass is 247 g/mol. The van der Waals surface area contributed by atoms with Crippen LogP contribution in [0.15, 0.2) is 30.3 Å². The minimum atomic E-state index is -0.176. The third-order valence-corrected chi connectivity index (χ3v) is 3.12. The minimum absolute atomic E-state index is 0.0551. The number of rotatable bonds is 4. The first-order valence-corrected chi connectivity index (χ1v) is 6.13. The molecule has 0 amide bonds. The number of benzene rings is 1. The summed E-state index contributed by atoms with van der Waals surface area (Å²) in [6.45, 7) is 4.02. The maximum Gasteiger partial charge on any atom is 0.148 e. The first kappa shape index (κ1) is 12.6. The van der Waals surface area contributed by atoms with E-state index in [1.807, 2.05) is 39.1 Å². The van der Waals surface area contributed by atoms with Gasteiger partial charge < -0.3 is 5.32 Å². The average Bonchev–Trinajstić information content (AvgIpc) is 2.66. The highest BCUT2D eigenvalue weighted by atomic mass is 19.1. The van der Waals surface area contributed by atoms with Gasteiger partial charge in [-0.1, -0.05) is 25.1 Å². The lowest BCUT2D eigenvalue weighted by atomic mass is 10.0. The van der Waals surface area contributed by atoms with Crippen LogP contribution in [0.3, 0.4) is 0 Å². The lowest BCUT2D eigenvalue weighted by Crippen LogP contribution is -2.12. The molecule has 1 atom stereocenters. The van der Waals surface area contributed by atoms with E-state index in [2.05, 4.69) is 10.4 Å². The first-order valence-electron chi connectivity index (χ1n) is 6.13. The molecular weight excluding hydrogens is 229 g/mol. The number of aromatic nitrogens is 2. The highest BCUT2D eigenvalue weighted by molar-refractivity contribution is 5.39. The van der Waals surface area contributed by atoms with E-state index in [1.165, 1.54) is 6.07 Å². The molecule has 0 bridgehead atoms. The molecule has 1 N–H and O–H groups in total. The van der Waals surface area contributed by atoms with Gasteiger partial charge in [-0.2, -0.15) is 5.10 Å². The normalized spacial score (nSPS) is 12.4. The van der Waals surface area contributed by atoms with Gasteiger partial charge in [0.2, 0.25) is 0 Å². The van der Waals surface area contributed by atoms with Crippen LogP contribution in [-0.4, -0.2) is 9.78 Å². The van der Waals surface area contributed by atoms with Crippen LogP contribution < -0.4 is 5.32 Å². The molecule has 0 fully saturated rings. The molecule has 1 aromatic carbocycles. The molecule has 1 unspecified atom stereocenters. The zero-order valence-electron chi connectivity index (χ0n) is 10.9. The standard InChI is InChI=1S/C14H18FN3/c1-4-13(11-7-5-6-8-12(11)15)16-14-9-10(2)18(3)17-14/h5-9,13H,4H2,1-3H3,(H,16,17). The summed E-state index contributed by atoms with van der Waals surface area (Å²) in [6.07, 6.45) is 0.802. The van der Waals surface area contributed by atoms with Crippen LogP contribution in [0.2, 0.25) is 0 Å². The van der Waals surface area contributed by atoms with Crippen LogP contribution >= 0.6 is 0 Å². The Morgan fingerprint density at radius 3 is 2.67 bits per heavy atom. The van der Waals surface area contributed by atoms with E-state index in [0.29, 0.717) is 5.56 Å². The van der Waals surface area contributed by atoms with Gasteiger partial charge in [0, 0.05) is 24.4 Å². The number of aryl methyl sites for hydroxylation is 2. The second kappa shape index (κ2) is 5.21. The Morgan fingerprint density at radius 1 is 1.39 bits per heavy atom. The van der Waals surface area contributed by atoms with E-state index in [-0.39, 0.29) is 11.9 Å². The van der Waals surface area contributed by atoms with Gasteiger partial charge in [0.05, 0.1) is 6.04 Å². The minimum Gasteiger partial charge on any atom is -0.362 e. The lowest BCUT2D eigenvalue weighted by molar-refractivity contribution is 0.586. The zero-order chi connectivity index (χ0) is 13.1. The van der Waals surface area contributed by atoms with Gasteiger partial charge in [-0.25, -0.2) is 4.39 Å². The second-order valence-corrected chi connectivity index (χ2v) is 4.42. The number of halogens is 1. The summed E-state index contributed by atoms with van der Waals surface area (Å²) in [5, 5.41) is 7.61. The van der Waals surface area contributed by atoms with Crippen molar-refractivity contribution >= 4 is 5.82 Å². The lowest BCUT2D eigenvalue weighted by Gasteiger charge is -2.17. The van der Waals surface area contributed by atoms with Crippen molar-refractivity contribution in [1.29, 1.82) is 0 Å². The third-order valence-electron chi connectivity index (χ3n) is 3.12. The SMILES string of the molecule is CCC(Nc1cc(C)n(C)n1)c1ccccc1F. The fourth-order valence-corrected chi connectivity index (χ4v) is 1.97. The Balaban J connectivity index is 2.22. The molecule has 2 aromatic rings. The Hall–Kier alpha value is -1.84. The Morgan fingerprint density at radius 2 is 2.11 bits per heavy atom. The molecule has 1 heterocycles. The Kier molecular flexibility index (Phi) is 3.65. The van der Waals surface area contributed by atoms with Gasteiger partial charge in [-0.3, -0.25) is 4.68 Å². The third kappa shape index (κ3) is 2.53. The van der Waals surface area contributed by atoms with Crippen LogP contribution in [0.1, 0.15) is 30.6 Å². The van der Waals surface area contributed by atoms with Crippen LogP contribution in [0.4, 0.5) is 10.2 Å². The molecule has 0 aliphatic heterocycles. The predicted molar refractivity (Wildman–Crippen MR) is 71.0 cm³/mol. The van der Waals surface area contributed by atoms with Crippen LogP contribution in [0, 0.1) is 12.7 Å². The smallest absolute Gasteiger partial charge is 0.148 e. The second-order valence-electron chi connectivity index (χ2n) is 4.42. The maximum atomic E-state index is 13.7. The summed E-state index contributed by atoms with van der Waals surface area (Å²) in [7, 11) is 1.89. The topological polar surface area (TPSA) is 29.9 Å². The summed E-state index contributed by atoms with van der Waals surface area (Å²) in [5.41, 5.74) is 1.75.